The number of nitrogens with one attached hydrogen (secondary N) is 2. The molecule has 0 fully saturated rings. The van der Waals surface area contributed by atoms with Gasteiger partial charge in [0.1, 0.15) is 11.5 Å². The Hall–Kier alpha value is -2.37. The van der Waals surface area contributed by atoms with E-state index in [-0.39, 0.29) is 12.3 Å². The number of anilines is 1. The number of carbonyl (C=O) groups is 1. The van der Waals surface area contributed by atoms with Crippen LogP contribution in [-0.4, -0.2) is 29.2 Å². The van der Waals surface area contributed by atoms with Crippen LogP contribution < -0.4 is 10.6 Å². The molecule has 0 aliphatic heterocycles. The Morgan fingerprint density at radius 2 is 2.30 bits per heavy atom. The Morgan fingerprint density at radius 3 is 2.95 bits per heavy atom. The lowest BCUT2D eigenvalue weighted by Crippen LogP contribution is -2.24. The second-order valence-electron chi connectivity index (χ2n) is 4.43. The summed E-state index contributed by atoms with van der Waals surface area (Å²) in [5.41, 5.74) is 1.69. The highest BCUT2D eigenvalue weighted by molar-refractivity contribution is 6.01. The van der Waals surface area contributed by atoms with E-state index in [0.29, 0.717) is 17.2 Å². The third kappa shape index (κ3) is 2.49. The van der Waals surface area contributed by atoms with Crippen molar-refractivity contribution in [1.29, 1.82) is 0 Å². The number of amides is 1. The van der Waals surface area contributed by atoms with Crippen LogP contribution in [0.5, 0.6) is 0 Å². The maximum Gasteiger partial charge on any atom is 0.272 e. The van der Waals surface area contributed by atoms with Crippen molar-refractivity contribution in [1.82, 2.24) is 14.9 Å². The van der Waals surface area contributed by atoms with Gasteiger partial charge in [0.15, 0.2) is 0 Å². The first-order valence-electron chi connectivity index (χ1n) is 6.25. The quantitative estimate of drug-likeness (QED) is 0.880. The van der Waals surface area contributed by atoms with Crippen LogP contribution in [0.25, 0.3) is 10.9 Å². The van der Waals surface area contributed by atoms with E-state index in [1.807, 2.05) is 6.07 Å². The van der Waals surface area contributed by atoms with E-state index in [1.165, 1.54) is 0 Å². The Labute approximate surface area is 116 Å². The molecule has 0 aromatic carbocycles. The maximum atomic E-state index is 12.2. The first-order valence-corrected chi connectivity index (χ1v) is 6.25. The van der Waals surface area contributed by atoms with E-state index in [1.54, 1.807) is 30.9 Å². The SMILES string of the molecule is C=C(CCF)NC(=O)c1cc2ccnc(NC)c2n1C. The van der Waals surface area contributed by atoms with Crippen molar-refractivity contribution in [3.05, 3.63) is 36.3 Å². The fraction of sp³-hybridized carbons (Fsp3) is 0.286. The Morgan fingerprint density at radius 1 is 1.55 bits per heavy atom. The number of rotatable bonds is 5. The average molecular weight is 276 g/mol. The molecule has 106 valence electrons. The van der Waals surface area contributed by atoms with E-state index in [9.17, 15) is 9.18 Å². The molecule has 0 aliphatic rings. The molecule has 20 heavy (non-hydrogen) atoms. The molecule has 2 heterocycles. The van der Waals surface area contributed by atoms with Crippen LogP contribution in [0.2, 0.25) is 0 Å². The monoisotopic (exact) mass is 276 g/mol. The summed E-state index contributed by atoms with van der Waals surface area (Å²) in [5, 5.41) is 6.50. The number of aromatic nitrogens is 2. The van der Waals surface area contributed by atoms with Crippen LogP contribution in [0, 0.1) is 0 Å². The number of hydrogen-bond acceptors (Lipinski definition) is 3. The molecule has 0 spiro atoms. The zero-order chi connectivity index (χ0) is 14.7. The van der Waals surface area contributed by atoms with Gasteiger partial charge in [0, 0.05) is 37.8 Å². The van der Waals surface area contributed by atoms with Gasteiger partial charge in [0.05, 0.1) is 12.2 Å². The summed E-state index contributed by atoms with van der Waals surface area (Å²) < 4.78 is 14.0. The van der Waals surface area contributed by atoms with E-state index < -0.39 is 6.67 Å². The number of nitrogens with zero attached hydrogens (tertiary/aromatic N) is 2. The van der Waals surface area contributed by atoms with Gasteiger partial charge in [0.25, 0.3) is 5.91 Å². The van der Waals surface area contributed by atoms with Gasteiger partial charge < -0.3 is 15.2 Å². The number of aryl methyl sites for hydroxylation is 1. The third-order valence-electron chi connectivity index (χ3n) is 3.10. The van der Waals surface area contributed by atoms with E-state index >= 15 is 0 Å². The van der Waals surface area contributed by atoms with Gasteiger partial charge in [-0.05, 0) is 12.1 Å². The summed E-state index contributed by atoms with van der Waals surface area (Å²) in [6.45, 7) is 3.08. The highest BCUT2D eigenvalue weighted by atomic mass is 19.1. The maximum absolute atomic E-state index is 12.2. The van der Waals surface area contributed by atoms with Gasteiger partial charge in [0.2, 0.25) is 0 Å². The molecule has 0 radical (unpaired) electrons. The minimum Gasteiger partial charge on any atom is -0.371 e. The number of hydrogen-bond donors (Lipinski definition) is 2. The Kier molecular flexibility index (Phi) is 4.02. The molecular weight excluding hydrogens is 259 g/mol. The zero-order valence-corrected chi connectivity index (χ0v) is 11.5. The summed E-state index contributed by atoms with van der Waals surface area (Å²) in [4.78, 5) is 16.4. The highest BCUT2D eigenvalue weighted by Crippen LogP contribution is 2.24. The molecular formula is C14H17FN4O. The van der Waals surface area contributed by atoms with Crippen LogP contribution in [0.1, 0.15) is 16.9 Å². The standard InChI is InChI=1S/C14H17FN4O/c1-9(4-6-15)18-14(20)11-8-10-5-7-17-13(16-2)12(10)19(11)3/h5,7-8H,1,4,6H2,2-3H3,(H,16,17)(H,18,20). The minimum atomic E-state index is -0.540. The van der Waals surface area contributed by atoms with E-state index in [2.05, 4.69) is 22.2 Å². The van der Waals surface area contributed by atoms with Gasteiger partial charge in [-0.25, -0.2) is 4.98 Å². The third-order valence-corrected chi connectivity index (χ3v) is 3.10. The summed E-state index contributed by atoms with van der Waals surface area (Å²) >= 11 is 0. The number of halogens is 1. The second-order valence-corrected chi connectivity index (χ2v) is 4.43. The molecule has 2 rings (SSSR count). The summed E-state index contributed by atoms with van der Waals surface area (Å²) in [6.07, 6.45) is 1.80. The van der Waals surface area contributed by atoms with Gasteiger partial charge in [-0.15, -0.1) is 0 Å². The summed E-state index contributed by atoms with van der Waals surface area (Å²) in [5.74, 6) is 0.399. The van der Waals surface area contributed by atoms with Crippen molar-refractivity contribution in [3.8, 4) is 0 Å². The van der Waals surface area contributed by atoms with Crippen LogP contribution in [0.15, 0.2) is 30.6 Å². The van der Waals surface area contributed by atoms with E-state index in [0.717, 1.165) is 10.9 Å². The second kappa shape index (κ2) is 5.73. The average Bonchev–Trinajstić information content (AvgIpc) is 2.76. The van der Waals surface area contributed by atoms with Crippen molar-refractivity contribution >= 4 is 22.6 Å². The molecule has 2 N–H and O–H groups in total. The molecule has 2 aromatic heterocycles. The number of allylic oxidation sites excluding steroid dienone is 1. The molecule has 1 amide bonds. The number of alkyl halides is 1. The molecule has 0 saturated heterocycles. The smallest absolute Gasteiger partial charge is 0.272 e. The molecule has 0 saturated carbocycles. The fourth-order valence-electron chi connectivity index (χ4n) is 2.10. The Balaban J connectivity index is 2.38. The van der Waals surface area contributed by atoms with Crippen molar-refractivity contribution in [2.24, 2.45) is 7.05 Å². The van der Waals surface area contributed by atoms with Crippen LogP contribution in [-0.2, 0) is 7.05 Å². The van der Waals surface area contributed by atoms with Crippen LogP contribution in [0.3, 0.4) is 0 Å². The lowest BCUT2D eigenvalue weighted by atomic mass is 10.3. The summed E-state index contributed by atoms with van der Waals surface area (Å²) in [6, 6.07) is 3.61. The number of pyridine rings is 1. The number of fused-ring (bicyclic) bond motifs is 1. The first-order chi connectivity index (χ1) is 9.58. The molecule has 0 unspecified atom stereocenters. The van der Waals surface area contributed by atoms with Crippen molar-refractivity contribution < 1.29 is 9.18 Å². The lowest BCUT2D eigenvalue weighted by Gasteiger charge is -2.08. The van der Waals surface area contributed by atoms with Crippen LogP contribution >= 0.6 is 0 Å². The van der Waals surface area contributed by atoms with Crippen molar-refractivity contribution in [2.45, 2.75) is 6.42 Å². The zero-order valence-electron chi connectivity index (χ0n) is 11.5. The number of carbonyl (C=O) groups excluding carboxylic acids is 1. The van der Waals surface area contributed by atoms with E-state index in [4.69, 9.17) is 0 Å². The molecule has 0 aliphatic carbocycles. The highest BCUT2D eigenvalue weighted by Gasteiger charge is 2.16. The molecule has 0 bridgehead atoms. The summed E-state index contributed by atoms with van der Waals surface area (Å²) in [7, 11) is 3.56. The van der Waals surface area contributed by atoms with Gasteiger partial charge in [-0.1, -0.05) is 6.58 Å². The largest absolute Gasteiger partial charge is 0.371 e. The predicted octanol–water partition coefficient (Wildman–Crippen LogP) is 2.22. The van der Waals surface area contributed by atoms with Crippen molar-refractivity contribution in [3.63, 3.8) is 0 Å². The predicted molar refractivity (Wildman–Crippen MR) is 77.5 cm³/mol. The van der Waals surface area contributed by atoms with Gasteiger partial charge >= 0.3 is 0 Å². The Bertz CT molecular complexity index is 662. The normalized spacial score (nSPS) is 10.6. The van der Waals surface area contributed by atoms with Gasteiger partial charge in [-0.3, -0.25) is 9.18 Å². The topological polar surface area (TPSA) is 59.0 Å². The van der Waals surface area contributed by atoms with Gasteiger partial charge in [-0.2, -0.15) is 0 Å². The minimum absolute atomic E-state index is 0.124. The lowest BCUT2D eigenvalue weighted by molar-refractivity contribution is 0.0957. The molecule has 2 aromatic rings. The van der Waals surface area contributed by atoms with Crippen LogP contribution in [0.4, 0.5) is 10.2 Å². The molecule has 0 atom stereocenters. The molecule has 5 nitrogen and oxygen atoms in total. The first kappa shape index (κ1) is 14.0. The van der Waals surface area contributed by atoms with Crippen molar-refractivity contribution in [2.75, 3.05) is 19.0 Å². The molecule has 6 heteroatoms. The fourth-order valence-corrected chi connectivity index (χ4v) is 2.10.